The highest BCUT2D eigenvalue weighted by atomic mass is 35.5. The summed E-state index contributed by atoms with van der Waals surface area (Å²) < 4.78 is 10.4. The summed E-state index contributed by atoms with van der Waals surface area (Å²) in [5, 5.41) is 9.60. The van der Waals surface area contributed by atoms with E-state index in [-0.39, 0.29) is 11.7 Å². The highest BCUT2D eigenvalue weighted by Crippen LogP contribution is 2.30. The summed E-state index contributed by atoms with van der Waals surface area (Å²) >= 11 is 6.03. The molecule has 0 aliphatic carbocycles. The number of halogens is 1. The molecule has 1 N–H and O–H groups in total. The Hall–Kier alpha value is -2.01. The monoisotopic (exact) mass is 282 g/mol. The molecule has 0 saturated heterocycles. The van der Waals surface area contributed by atoms with Crippen LogP contribution in [0.4, 0.5) is 0 Å². The molecule has 0 amide bonds. The number of ether oxygens (including phenoxy) is 1. The van der Waals surface area contributed by atoms with Crippen LogP contribution in [0.2, 0.25) is 5.02 Å². The Labute approximate surface area is 113 Å². The third-order valence-electron chi connectivity index (χ3n) is 2.38. The minimum atomic E-state index is -1.34. The predicted octanol–water partition coefficient (Wildman–Crippen LogP) is 2.93. The van der Waals surface area contributed by atoms with Crippen molar-refractivity contribution in [2.24, 2.45) is 0 Å². The molecule has 0 atom stereocenters. The van der Waals surface area contributed by atoms with Gasteiger partial charge in [-0.25, -0.2) is 9.59 Å². The first kappa shape index (κ1) is 13.4. The van der Waals surface area contributed by atoms with Gasteiger partial charge in [0.05, 0.1) is 11.1 Å². The lowest BCUT2D eigenvalue weighted by atomic mass is 10.2. The maximum Gasteiger partial charge on any atom is 0.351 e. The van der Waals surface area contributed by atoms with E-state index < -0.39 is 17.2 Å². The standard InChI is InChI=1S/C13H11ClO5/c1-6(2)18-11-5-10-7(4-9(11)14)3-8(12(15)16)13(17)19-10/h3-6H,1-2H3,(H,15,16). The number of carboxylic acid groups (broad SMARTS) is 1. The van der Waals surface area contributed by atoms with Crippen LogP contribution in [-0.2, 0) is 0 Å². The van der Waals surface area contributed by atoms with Crippen LogP contribution in [0.15, 0.2) is 27.4 Å². The lowest BCUT2D eigenvalue weighted by Gasteiger charge is -2.11. The van der Waals surface area contributed by atoms with Crippen LogP contribution in [0.3, 0.4) is 0 Å². The van der Waals surface area contributed by atoms with Gasteiger partial charge in [-0.1, -0.05) is 11.6 Å². The molecule has 1 aromatic heterocycles. The van der Waals surface area contributed by atoms with E-state index in [2.05, 4.69) is 0 Å². The highest BCUT2D eigenvalue weighted by Gasteiger charge is 2.14. The van der Waals surface area contributed by atoms with E-state index in [1.165, 1.54) is 18.2 Å². The number of carboxylic acids is 1. The van der Waals surface area contributed by atoms with Crippen molar-refractivity contribution in [1.82, 2.24) is 0 Å². The lowest BCUT2D eigenvalue weighted by molar-refractivity contribution is 0.0692. The summed E-state index contributed by atoms with van der Waals surface area (Å²) in [4.78, 5) is 22.3. The molecular weight excluding hydrogens is 272 g/mol. The summed E-state index contributed by atoms with van der Waals surface area (Å²) in [5.74, 6) is -0.954. The molecule has 5 nitrogen and oxygen atoms in total. The average Bonchev–Trinajstić information content (AvgIpc) is 2.29. The quantitative estimate of drug-likeness (QED) is 0.876. The molecular formula is C13H11ClO5. The van der Waals surface area contributed by atoms with Crippen LogP contribution in [0.25, 0.3) is 11.0 Å². The van der Waals surface area contributed by atoms with Crippen LogP contribution in [-0.4, -0.2) is 17.2 Å². The van der Waals surface area contributed by atoms with E-state index in [9.17, 15) is 9.59 Å². The van der Waals surface area contributed by atoms with Crippen LogP contribution in [0.1, 0.15) is 24.2 Å². The van der Waals surface area contributed by atoms with Crippen LogP contribution < -0.4 is 10.4 Å². The molecule has 19 heavy (non-hydrogen) atoms. The van der Waals surface area contributed by atoms with Gasteiger partial charge in [-0.3, -0.25) is 0 Å². The van der Waals surface area contributed by atoms with E-state index in [0.717, 1.165) is 0 Å². The van der Waals surface area contributed by atoms with Crippen molar-refractivity contribution in [3.63, 3.8) is 0 Å². The van der Waals surface area contributed by atoms with E-state index in [0.29, 0.717) is 16.2 Å². The molecule has 0 bridgehead atoms. The topological polar surface area (TPSA) is 76.7 Å². The molecule has 6 heteroatoms. The van der Waals surface area contributed by atoms with Crippen molar-refractivity contribution in [3.05, 3.63) is 39.2 Å². The van der Waals surface area contributed by atoms with Crippen molar-refractivity contribution >= 4 is 28.5 Å². The number of benzene rings is 1. The third-order valence-corrected chi connectivity index (χ3v) is 2.68. The zero-order valence-electron chi connectivity index (χ0n) is 10.3. The molecule has 2 aromatic rings. The van der Waals surface area contributed by atoms with Gasteiger partial charge in [0.2, 0.25) is 0 Å². The summed E-state index contributed by atoms with van der Waals surface area (Å²) in [6, 6.07) is 4.21. The van der Waals surface area contributed by atoms with Gasteiger partial charge in [0.1, 0.15) is 16.9 Å². The van der Waals surface area contributed by atoms with Crippen molar-refractivity contribution in [2.75, 3.05) is 0 Å². The van der Waals surface area contributed by atoms with Crippen molar-refractivity contribution in [1.29, 1.82) is 0 Å². The van der Waals surface area contributed by atoms with E-state index in [1.54, 1.807) is 0 Å². The van der Waals surface area contributed by atoms with Gasteiger partial charge in [-0.05, 0) is 26.0 Å². The third kappa shape index (κ3) is 2.71. The largest absolute Gasteiger partial charge is 0.489 e. The smallest absolute Gasteiger partial charge is 0.351 e. The predicted molar refractivity (Wildman–Crippen MR) is 70.2 cm³/mol. The summed E-state index contributed by atoms with van der Waals surface area (Å²) in [6.45, 7) is 3.68. The zero-order valence-corrected chi connectivity index (χ0v) is 11.0. The van der Waals surface area contributed by atoms with Crippen molar-refractivity contribution in [2.45, 2.75) is 20.0 Å². The first-order chi connectivity index (χ1) is 8.88. The number of hydrogen-bond donors (Lipinski definition) is 1. The second kappa shape index (κ2) is 4.93. The Bertz CT molecular complexity index is 702. The van der Waals surface area contributed by atoms with E-state index in [4.69, 9.17) is 25.9 Å². The summed E-state index contributed by atoms with van der Waals surface area (Å²) in [7, 11) is 0. The Morgan fingerprint density at radius 2 is 2.05 bits per heavy atom. The SMILES string of the molecule is CC(C)Oc1cc2oc(=O)c(C(=O)O)cc2cc1Cl. The number of carbonyl (C=O) groups is 1. The van der Waals surface area contributed by atoms with E-state index >= 15 is 0 Å². The van der Waals surface area contributed by atoms with Gasteiger partial charge in [-0.2, -0.15) is 0 Å². The lowest BCUT2D eigenvalue weighted by Crippen LogP contribution is -2.13. The van der Waals surface area contributed by atoms with Crippen LogP contribution >= 0.6 is 11.6 Å². The van der Waals surface area contributed by atoms with Gasteiger partial charge in [-0.15, -0.1) is 0 Å². The first-order valence-electron chi connectivity index (χ1n) is 5.56. The van der Waals surface area contributed by atoms with Crippen LogP contribution in [0.5, 0.6) is 5.75 Å². The normalized spacial score (nSPS) is 10.9. The summed E-state index contributed by atoms with van der Waals surface area (Å²) in [6.07, 6.45) is -0.0834. The maximum atomic E-state index is 11.5. The molecule has 0 unspecified atom stereocenters. The fourth-order valence-corrected chi connectivity index (χ4v) is 1.83. The molecule has 0 spiro atoms. The number of aromatic carboxylic acids is 1. The first-order valence-corrected chi connectivity index (χ1v) is 5.93. The van der Waals surface area contributed by atoms with Gasteiger partial charge >= 0.3 is 11.6 Å². The molecule has 1 aromatic carbocycles. The number of rotatable bonds is 3. The molecule has 2 rings (SSSR count). The second-order valence-electron chi connectivity index (χ2n) is 4.24. The molecule has 0 aliphatic rings. The molecule has 0 radical (unpaired) electrons. The second-order valence-corrected chi connectivity index (χ2v) is 4.65. The Balaban J connectivity index is 2.65. The van der Waals surface area contributed by atoms with Gasteiger partial charge in [0.25, 0.3) is 0 Å². The summed E-state index contributed by atoms with van der Waals surface area (Å²) in [5.41, 5.74) is -1.10. The molecule has 100 valence electrons. The van der Waals surface area contributed by atoms with Gasteiger partial charge in [0, 0.05) is 11.5 Å². The Kier molecular flexibility index (Phi) is 3.48. The molecule has 0 fully saturated rings. The minimum Gasteiger partial charge on any atom is -0.489 e. The molecule has 1 heterocycles. The Morgan fingerprint density at radius 3 is 2.63 bits per heavy atom. The highest BCUT2D eigenvalue weighted by molar-refractivity contribution is 6.32. The molecule has 0 aliphatic heterocycles. The van der Waals surface area contributed by atoms with Crippen molar-refractivity contribution in [3.8, 4) is 5.75 Å². The maximum absolute atomic E-state index is 11.5. The number of fused-ring (bicyclic) bond motifs is 1. The molecule has 0 saturated carbocycles. The fraction of sp³-hybridized carbons (Fsp3) is 0.231. The minimum absolute atomic E-state index is 0.0834. The Morgan fingerprint density at radius 1 is 1.37 bits per heavy atom. The van der Waals surface area contributed by atoms with Crippen LogP contribution in [0, 0.1) is 0 Å². The number of hydrogen-bond acceptors (Lipinski definition) is 4. The van der Waals surface area contributed by atoms with Gasteiger partial charge in [0.15, 0.2) is 0 Å². The van der Waals surface area contributed by atoms with E-state index in [1.807, 2.05) is 13.8 Å². The average molecular weight is 283 g/mol. The zero-order chi connectivity index (χ0) is 14.2. The fourth-order valence-electron chi connectivity index (χ4n) is 1.61. The van der Waals surface area contributed by atoms with Gasteiger partial charge < -0.3 is 14.3 Å². The van der Waals surface area contributed by atoms with Crippen molar-refractivity contribution < 1.29 is 19.1 Å².